The van der Waals surface area contributed by atoms with Gasteiger partial charge in [0.25, 0.3) is 0 Å². The maximum Gasteiger partial charge on any atom is 0.319 e. The Balaban J connectivity index is 2.57. The highest BCUT2D eigenvalue weighted by Gasteiger charge is 2.22. The third-order valence-electron chi connectivity index (χ3n) is 1.87. The van der Waals surface area contributed by atoms with E-state index in [4.69, 9.17) is 4.74 Å². The Morgan fingerprint density at radius 3 is 2.29 bits per heavy atom. The van der Waals surface area contributed by atoms with Crippen molar-refractivity contribution in [2.24, 2.45) is 0 Å². The number of hydrogen-bond acceptors (Lipinski definition) is 3. The van der Waals surface area contributed by atoms with Crippen LogP contribution in [0.2, 0.25) is 0 Å². The van der Waals surface area contributed by atoms with Crippen molar-refractivity contribution in [3.63, 3.8) is 0 Å². The summed E-state index contributed by atoms with van der Waals surface area (Å²) in [6.07, 6.45) is 0. The van der Waals surface area contributed by atoms with Crippen LogP contribution < -0.4 is 0 Å². The molecular formula is C13H17BrO2S. The maximum absolute atomic E-state index is 11.8. The summed E-state index contributed by atoms with van der Waals surface area (Å²) in [5.41, 5.74) is -0.425. The second kappa shape index (κ2) is 5.91. The minimum Gasteiger partial charge on any atom is -0.459 e. The van der Waals surface area contributed by atoms with E-state index in [2.05, 4.69) is 15.9 Å². The highest BCUT2D eigenvalue weighted by Crippen LogP contribution is 2.26. The molecular weight excluding hydrogens is 300 g/mol. The molecule has 0 fully saturated rings. The van der Waals surface area contributed by atoms with Gasteiger partial charge in [0.1, 0.15) is 10.9 Å². The van der Waals surface area contributed by atoms with E-state index in [0.717, 1.165) is 9.37 Å². The van der Waals surface area contributed by atoms with Gasteiger partial charge < -0.3 is 4.74 Å². The van der Waals surface area contributed by atoms with Crippen LogP contribution >= 0.6 is 27.7 Å². The van der Waals surface area contributed by atoms with Crippen molar-refractivity contribution in [2.75, 3.05) is 0 Å². The molecule has 1 aromatic rings. The van der Waals surface area contributed by atoms with E-state index in [0.29, 0.717) is 0 Å². The minimum absolute atomic E-state index is 0.176. The van der Waals surface area contributed by atoms with Gasteiger partial charge in [-0.25, -0.2) is 0 Å². The summed E-state index contributed by atoms with van der Waals surface area (Å²) in [5, 5.41) is -0.199. The summed E-state index contributed by atoms with van der Waals surface area (Å²) in [6.45, 7) is 7.49. The zero-order valence-electron chi connectivity index (χ0n) is 10.5. The summed E-state index contributed by atoms with van der Waals surface area (Å²) >= 11 is 4.89. The molecule has 1 unspecified atom stereocenters. The predicted molar refractivity (Wildman–Crippen MR) is 75.3 cm³/mol. The van der Waals surface area contributed by atoms with Gasteiger partial charge in [-0.1, -0.05) is 15.9 Å². The van der Waals surface area contributed by atoms with E-state index in [9.17, 15) is 4.79 Å². The Hall–Kier alpha value is -0.480. The van der Waals surface area contributed by atoms with E-state index in [1.54, 1.807) is 0 Å². The SMILES string of the molecule is CC(Sc1ccc(Br)cc1)C(=O)OC(C)(C)C. The molecule has 0 bridgehead atoms. The van der Waals surface area contributed by atoms with Crippen LogP contribution in [-0.2, 0) is 9.53 Å². The number of carbonyl (C=O) groups excluding carboxylic acids is 1. The molecule has 0 spiro atoms. The van der Waals surface area contributed by atoms with Crippen LogP contribution in [0.25, 0.3) is 0 Å². The van der Waals surface area contributed by atoms with Crippen LogP contribution in [0.15, 0.2) is 33.6 Å². The lowest BCUT2D eigenvalue weighted by Crippen LogP contribution is -2.28. The van der Waals surface area contributed by atoms with E-state index in [-0.39, 0.29) is 11.2 Å². The van der Waals surface area contributed by atoms with Crippen LogP contribution in [0.4, 0.5) is 0 Å². The summed E-state index contributed by atoms with van der Waals surface area (Å²) in [6, 6.07) is 7.89. The monoisotopic (exact) mass is 316 g/mol. The average Bonchev–Trinajstić information content (AvgIpc) is 2.19. The minimum atomic E-state index is -0.425. The standard InChI is InChI=1S/C13H17BrO2S/c1-9(12(15)16-13(2,3)4)17-11-7-5-10(14)6-8-11/h5-9H,1-4H3. The smallest absolute Gasteiger partial charge is 0.319 e. The summed E-state index contributed by atoms with van der Waals surface area (Å²) in [4.78, 5) is 12.8. The third-order valence-corrected chi connectivity index (χ3v) is 3.48. The molecule has 4 heteroatoms. The first kappa shape index (κ1) is 14.6. The fourth-order valence-corrected chi connectivity index (χ4v) is 2.26. The van der Waals surface area contributed by atoms with Gasteiger partial charge in [0, 0.05) is 9.37 Å². The lowest BCUT2D eigenvalue weighted by Gasteiger charge is -2.22. The summed E-state index contributed by atoms with van der Waals surface area (Å²) in [5.74, 6) is -0.176. The lowest BCUT2D eigenvalue weighted by atomic mass is 10.2. The third kappa shape index (κ3) is 5.59. The first-order chi connectivity index (χ1) is 7.78. The molecule has 1 aromatic carbocycles. The Morgan fingerprint density at radius 2 is 1.82 bits per heavy atom. The lowest BCUT2D eigenvalue weighted by molar-refractivity contribution is -0.153. The van der Waals surface area contributed by atoms with Crippen molar-refractivity contribution < 1.29 is 9.53 Å². The molecule has 2 nitrogen and oxygen atoms in total. The predicted octanol–water partition coefficient (Wildman–Crippen LogP) is 4.27. The van der Waals surface area contributed by atoms with Gasteiger partial charge in [-0.05, 0) is 52.0 Å². The molecule has 0 aliphatic rings. The van der Waals surface area contributed by atoms with Crippen molar-refractivity contribution in [2.45, 2.75) is 43.4 Å². The number of thioether (sulfide) groups is 1. The molecule has 0 saturated carbocycles. The van der Waals surface area contributed by atoms with E-state index < -0.39 is 5.60 Å². The molecule has 0 heterocycles. The van der Waals surface area contributed by atoms with E-state index >= 15 is 0 Å². The van der Waals surface area contributed by atoms with Gasteiger partial charge in [-0.3, -0.25) is 4.79 Å². The Morgan fingerprint density at radius 1 is 1.29 bits per heavy atom. The topological polar surface area (TPSA) is 26.3 Å². The second-order valence-electron chi connectivity index (χ2n) is 4.75. The number of carbonyl (C=O) groups is 1. The normalized spacial score (nSPS) is 13.2. The number of halogens is 1. The Labute approximate surface area is 115 Å². The van der Waals surface area contributed by atoms with Gasteiger partial charge >= 0.3 is 5.97 Å². The first-order valence-corrected chi connectivity index (χ1v) is 7.10. The van der Waals surface area contributed by atoms with Gasteiger partial charge in [0.15, 0.2) is 0 Å². The van der Waals surface area contributed by atoms with Crippen molar-refractivity contribution in [1.82, 2.24) is 0 Å². The number of benzene rings is 1. The highest BCUT2D eigenvalue weighted by atomic mass is 79.9. The zero-order valence-corrected chi connectivity index (χ0v) is 12.9. The van der Waals surface area contributed by atoms with Crippen molar-refractivity contribution in [3.8, 4) is 0 Å². The summed E-state index contributed by atoms with van der Waals surface area (Å²) in [7, 11) is 0. The second-order valence-corrected chi connectivity index (χ2v) is 7.08. The maximum atomic E-state index is 11.8. The van der Waals surface area contributed by atoms with E-state index in [1.165, 1.54) is 11.8 Å². The molecule has 1 atom stereocenters. The molecule has 0 N–H and O–H groups in total. The van der Waals surface area contributed by atoms with E-state index in [1.807, 2.05) is 52.0 Å². The van der Waals surface area contributed by atoms with Gasteiger partial charge in [0.05, 0.1) is 0 Å². The Bertz CT molecular complexity index is 381. The van der Waals surface area contributed by atoms with Crippen LogP contribution in [0.1, 0.15) is 27.7 Å². The molecule has 0 saturated heterocycles. The highest BCUT2D eigenvalue weighted by molar-refractivity contribution is 9.10. The van der Waals surface area contributed by atoms with Gasteiger partial charge in [-0.2, -0.15) is 0 Å². The van der Waals surface area contributed by atoms with Crippen molar-refractivity contribution >= 4 is 33.7 Å². The molecule has 94 valence electrons. The quantitative estimate of drug-likeness (QED) is 0.615. The molecule has 0 aliphatic heterocycles. The molecule has 1 rings (SSSR count). The molecule has 0 aromatic heterocycles. The van der Waals surface area contributed by atoms with Crippen LogP contribution in [-0.4, -0.2) is 16.8 Å². The van der Waals surface area contributed by atoms with Crippen LogP contribution in [0.3, 0.4) is 0 Å². The van der Waals surface area contributed by atoms with Gasteiger partial charge in [0.2, 0.25) is 0 Å². The number of esters is 1. The van der Waals surface area contributed by atoms with Gasteiger partial charge in [-0.15, -0.1) is 11.8 Å². The molecule has 17 heavy (non-hydrogen) atoms. The molecule has 0 aliphatic carbocycles. The van der Waals surface area contributed by atoms with Crippen LogP contribution in [0.5, 0.6) is 0 Å². The van der Waals surface area contributed by atoms with Crippen molar-refractivity contribution in [3.05, 3.63) is 28.7 Å². The average molecular weight is 317 g/mol. The molecule has 0 amide bonds. The molecule has 0 radical (unpaired) electrons. The number of rotatable bonds is 3. The Kier molecular flexibility index (Phi) is 5.07. The largest absolute Gasteiger partial charge is 0.459 e. The first-order valence-electron chi connectivity index (χ1n) is 5.43. The number of hydrogen-bond donors (Lipinski definition) is 0. The van der Waals surface area contributed by atoms with Crippen molar-refractivity contribution in [1.29, 1.82) is 0 Å². The van der Waals surface area contributed by atoms with Crippen LogP contribution in [0, 0.1) is 0 Å². The fraction of sp³-hybridized carbons (Fsp3) is 0.462. The number of ether oxygens (including phenoxy) is 1. The summed E-state index contributed by atoms with van der Waals surface area (Å²) < 4.78 is 6.36. The fourth-order valence-electron chi connectivity index (χ4n) is 1.15. The zero-order chi connectivity index (χ0) is 13.1.